The Bertz CT molecular complexity index is 350. The predicted octanol–water partition coefficient (Wildman–Crippen LogP) is 2.52. The summed E-state index contributed by atoms with van der Waals surface area (Å²) in [6, 6.07) is 8.48. The fourth-order valence-corrected chi connectivity index (χ4v) is 2.57. The first kappa shape index (κ1) is 13.2. The van der Waals surface area contributed by atoms with E-state index < -0.39 is 0 Å². The maximum atomic E-state index is 5.47. The van der Waals surface area contributed by atoms with Gasteiger partial charge in [0.15, 0.2) is 0 Å². The van der Waals surface area contributed by atoms with Crippen molar-refractivity contribution in [1.29, 1.82) is 0 Å². The van der Waals surface area contributed by atoms with Crippen LogP contribution in [0, 0.1) is 5.92 Å². The summed E-state index contributed by atoms with van der Waals surface area (Å²) in [7, 11) is 2.03. The summed E-state index contributed by atoms with van der Waals surface area (Å²) < 4.78 is 5.47. The van der Waals surface area contributed by atoms with E-state index in [-0.39, 0.29) is 0 Å². The average molecular weight is 248 g/mol. The third-order valence-corrected chi connectivity index (χ3v) is 3.60. The number of anilines is 1. The number of ether oxygens (including phenoxy) is 1. The molecule has 0 amide bonds. The second-order valence-electron chi connectivity index (χ2n) is 4.92. The number of nitrogens with one attached hydrogen (secondary N) is 1. The predicted molar refractivity (Wildman–Crippen MR) is 76.5 cm³/mol. The molecular formula is C15H24N2O. The number of nitrogens with zero attached hydrogens (tertiary/aromatic N) is 1. The van der Waals surface area contributed by atoms with Crippen LogP contribution in [-0.4, -0.2) is 33.3 Å². The fourth-order valence-electron chi connectivity index (χ4n) is 2.57. The summed E-state index contributed by atoms with van der Waals surface area (Å²) in [4.78, 5) is 2.48. The highest BCUT2D eigenvalue weighted by molar-refractivity contribution is 5.49. The zero-order valence-electron chi connectivity index (χ0n) is 11.5. The van der Waals surface area contributed by atoms with Crippen molar-refractivity contribution in [1.82, 2.24) is 5.32 Å². The summed E-state index contributed by atoms with van der Waals surface area (Å²) in [6.45, 7) is 6.25. The maximum Gasteiger partial charge on any atom is 0.119 e. The molecule has 0 saturated carbocycles. The van der Waals surface area contributed by atoms with E-state index in [1.54, 1.807) is 0 Å². The molecule has 0 spiro atoms. The highest BCUT2D eigenvalue weighted by atomic mass is 16.5. The minimum absolute atomic E-state index is 0.731. The van der Waals surface area contributed by atoms with Gasteiger partial charge in [0.2, 0.25) is 0 Å². The Balaban J connectivity index is 1.88. The molecule has 1 aromatic rings. The molecule has 2 rings (SSSR count). The first-order valence-electron chi connectivity index (χ1n) is 6.96. The van der Waals surface area contributed by atoms with Gasteiger partial charge in [-0.15, -0.1) is 0 Å². The Hall–Kier alpha value is -1.22. The van der Waals surface area contributed by atoms with E-state index in [0.29, 0.717) is 0 Å². The number of benzene rings is 1. The average Bonchev–Trinajstić information content (AvgIpc) is 2.86. The molecule has 1 aliphatic heterocycles. The zero-order chi connectivity index (χ0) is 12.8. The monoisotopic (exact) mass is 248 g/mol. The quantitative estimate of drug-likeness (QED) is 0.837. The van der Waals surface area contributed by atoms with Gasteiger partial charge in [-0.25, -0.2) is 0 Å². The largest absolute Gasteiger partial charge is 0.494 e. The zero-order valence-corrected chi connectivity index (χ0v) is 11.5. The molecule has 0 aliphatic carbocycles. The Morgan fingerprint density at radius 2 is 2.11 bits per heavy atom. The second-order valence-corrected chi connectivity index (χ2v) is 4.92. The molecule has 0 radical (unpaired) electrons. The van der Waals surface area contributed by atoms with E-state index in [1.807, 2.05) is 14.0 Å². The number of hydrogen-bond acceptors (Lipinski definition) is 3. The molecule has 3 nitrogen and oxygen atoms in total. The van der Waals surface area contributed by atoms with Crippen molar-refractivity contribution in [2.24, 2.45) is 5.92 Å². The van der Waals surface area contributed by atoms with Gasteiger partial charge in [0.05, 0.1) is 6.61 Å². The van der Waals surface area contributed by atoms with Gasteiger partial charge in [-0.1, -0.05) is 0 Å². The molecule has 1 atom stereocenters. The van der Waals surface area contributed by atoms with Gasteiger partial charge >= 0.3 is 0 Å². The molecule has 1 unspecified atom stereocenters. The molecule has 100 valence electrons. The minimum Gasteiger partial charge on any atom is -0.494 e. The second kappa shape index (κ2) is 6.64. The summed E-state index contributed by atoms with van der Waals surface area (Å²) >= 11 is 0. The van der Waals surface area contributed by atoms with Gasteiger partial charge in [-0.05, 0) is 63.5 Å². The highest BCUT2D eigenvalue weighted by Gasteiger charge is 2.21. The van der Waals surface area contributed by atoms with Crippen LogP contribution in [0.4, 0.5) is 5.69 Å². The smallest absolute Gasteiger partial charge is 0.119 e. The van der Waals surface area contributed by atoms with E-state index in [0.717, 1.165) is 24.8 Å². The van der Waals surface area contributed by atoms with E-state index in [1.165, 1.54) is 31.6 Å². The lowest BCUT2D eigenvalue weighted by atomic mass is 10.1. The molecule has 1 saturated heterocycles. The molecule has 0 bridgehead atoms. The van der Waals surface area contributed by atoms with Crippen LogP contribution in [0.3, 0.4) is 0 Å². The maximum absolute atomic E-state index is 5.47. The van der Waals surface area contributed by atoms with E-state index in [2.05, 4.69) is 34.5 Å². The van der Waals surface area contributed by atoms with Crippen LogP contribution in [0.1, 0.15) is 19.8 Å². The van der Waals surface area contributed by atoms with Gasteiger partial charge in [0.1, 0.15) is 5.75 Å². The first-order valence-corrected chi connectivity index (χ1v) is 6.96. The summed E-state index contributed by atoms with van der Waals surface area (Å²) in [5.74, 6) is 1.80. The van der Waals surface area contributed by atoms with E-state index in [4.69, 9.17) is 4.74 Å². The van der Waals surface area contributed by atoms with Crippen molar-refractivity contribution in [3.05, 3.63) is 24.3 Å². The van der Waals surface area contributed by atoms with Crippen LogP contribution in [0.2, 0.25) is 0 Å². The summed E-state index contributed by atoms with van der Waals surface area (Å²) in [5, 5.41) is 3.24. The third-order valence-electron chi connectivity index (χ3n) is 3.60. The molecule has 3 heteroatoms. The molecule has 0 aromatic heterocycles. The van der Waals surface area contributed by atoms with Crippen molar-refractivity contribution < 1.29 is 4.74 Å². The van der Waals surface area contributed by atoms with Crippen LogP contribution in [-0.2, 0) is 0 Å². The lowest BCUT2D eigenvalue weighted by Gasteiger charge is -2.19. The minimum atomic E-state index is 0.731. The summed E-state index contributed by atoms with van der Waals surface area (Å²) in [5.41, 5.74) is 1.32. The van der Waals surface area contributed by atoms with Crippen molar-refractivity contribution >= 4 is 5.69 Å². The lowest BCUT2D eigenvalue weighted by molar-refractivity contribution is 0.340. The van der Waals surface area contributed by atoms with Gasteiger partial charge in [-0.2, -0.15) is 0 Å². The van der Waals surface area contributed by atoms with Gasteiger partial charge < -0.3 is 15.0 Å². The normalized spacial score (nSPS) is 19.2. The van der Waals surface area contributed by atoms with Crippen molar-refractivity contribution in [2.45, 2.75) is 19.8 Å². The standard InChI is InChI=1S/C15H24N2O/c1-3-18-15-6-4-14(5-7-15)17-11-9-13(12-17)8-10-16-2/h4-7,13,16H,3,8-12H2,1-2H3. The van der Waals surface area contributed by atoms with Crippen molar-refractivity contribution in [3.8, 4) is 5.75 Å². The van der Waals surface area contributed by atoms with Crippen molar-refractivity contribution in [2.75, 3.05) is 38.2 Å². The van der Waals surface area contributed by atoms with Crippen LogP contribution < -0.4 is 15.0 Å². The topological polar surface area (TPSA) is 24.5 Å². The highest BCUT2D eigenvalue weighted by Crippen LogP contribution is 2.26. The first-order chi connectivity index (χ1) is 8.83. The van der Waals surface area contributed by atoms with E-state index in [9.17, 15) is 0 Å². The van der Waals surface area contributed by atoms with Crippen LogP contribution in [0.15, 0.2) is 24.3 Å². The fraction of sp³-hybridized carbons (Fsp3) is 0.600. The SMILES string of the molecule is CCOc1ccc(N2CCC(CCNC)C2)cc1. The summed E-state index contributed by atoms with van der Waals surface area (Å²) in [6.07, 6.45) is 2.60. The Morgan fingerprint density at radius 1 is 1.33 bits per heavy atom. The number of rotatable bonds is 6. The Kier molecular flexibility index (Phi) is 4.88. The molecular weight excluding hydrogens is 224 g/mol. The van der Waals surface area contributed by atoms with Crippen LogP contribution >= 0.6 is 0 Å². The Morgan fingerprint density at radius 3 is 2.78 bits per heavy atom. The molecule has 1 N–H and O–H groups in total. The molecule has 1 fully saturated rings. The third kappa shape index (κ3) is 3.39. The Labute approximate surface area is 110 Å². The van der Waals surface area contributed by atoms with Gasteiger partial charge in [0, 0.05) is 18.8 Å². The number of hydrogen-bond donors (Lipinski definition) is 1. The van der Waals surface area contributed by atoms with Gasteiger partial charge in [0.25, 0.3) is 0 Å². The van der Waals surface area contributed by atoms with Crippen molar-refractivity contribution in [3.63, 3.8) is 0 Å². The van der Waals surface area contributed by atoms with Crippen LogP contribution in [0.25, 0.3) is 0 Å². The van der Waals surface area contributed by atoms with Gasteiger partial charge in [-0.3, -0.25) is 0 Å². The molecule has 1 heterocycles. The van der Waals surface area contributed by atoms with Crippen LogP contribution in [0.5, 0.6) is 5.75 Å². The molecule has 1 aromatic carbocycles. The molecule has 1 aliphatic rings. The lowest BCUT2D eigenvalue weighted by Crippen LogP contribution is -2.21. The molecule has 18 heavy (non-hydrogen) atoms. The van der Waals surface area contributed by atoms with E-state index >= 15 is 0 Å².